The lowest BCUT2D eigenvalue weighted by Crippen LogP contribution is -2.04. The van der Waals surface area contributed by atoms with Crippen LogP contribution in [0, 0.1) is 0 Å². The van der Waals surface area contributed by atoms with Gasteiger partial charge in [-0.2, -0.15) is 12.6 Å². The Kier molecular flexibility index (Phi) is 5.26. The van der Waals surface area contributed by atoms with Gasteiger partial charge in [-0.1, -0.05) is 6.07 Å². The molecule has 4 aromatic rings. The summed E-state index contributed by atoms with van der Waals surface area (Å²) in [4.78, 5) is 13.3. The van der Waals surface area contributed by atoms with Crippen LogP contribution in [0.15, 0.2) is 48.5 Å². The van der Waals surface area contributed by atoms with Crippen LogP contribution in [-0.2, 0) is 4.74 Å². The highest BCUT2D eigenvalue weighted by molar-refractivity contribution is 7.80. The van der Waals surface area contributed by atoms with Crippen LogP contribution < -0.4 is 4.74 Å². The lowest BCUT2D eigenvalue weighted by molar-refractivity contribution is 0.0526. The quantitative estimate of drug-likeness (QED) is 0.372. The summed E-state index contributed by atoms with van der Waals surface area (Å²) in [5.41, 5.74) is 1.96. The van der Waals surface area contributed by atoms with Gasteiger partial charge in [0.15, 0.2) is 0 Å². The molecule has 1 aromatic heterocycles. The minimum atomic E-state index is -0.411. The minimum Gasteiger partial charge on any atom is -0.506 e. The van der Waals surface area contributed by atoms with Gasteiger partial charge in [-0.05, 0) is 60.2 Å². The molecule has 8 heteroatoms. The van der Waals surface area contributed by atoms with Gasteiger partial charge in [-0.3, -0.25) is 0 Å². The molecule has 0 saturated carbocycles. The van der Waals surface area contributed by atoms with Crippen LogP contribution in [0.4, 0.5) is 0 Å². The largest absolute Gasteiger partial charge is 0.506 e. The van der Waals surface area contributed by atoms with Crippen molar-refractivity contribution >= 4 is 40.4 Å². The molecule has 4 rings (SSSR count). The molecule has 0 aliphatic carbocycles. The van der Waals surface area contributed by atoms with Crippen LogP contribution in [0.1, 0.15) is 17.3 Å². The van der Waals surface area contributed by atoms with Crippen LogP contribution in [-0.4, -0.2) is 45.0 Å². The van der Waals surface area contributed by atoms with Gasteiger partial charge < -0.3 is 14.6 Å². The third kappa shape index (κ3) is 3.84. The number of phenolic OH excluding ortho intramolecular Hbond substituents is 1. The number of esters is 1. The Labute approximate surface area is 172 Å². The van der Waals surface area contributed by atoms with Gasteiger partial charge in [0, 0.05) is 5.75 Å². The molecule has 0 fully saturated rings. The number of carbonyl (C=O) groups excluding carboxylic acids is 1. The summed E-state index contributed by atoms with van der Waals surface area (Å²) in [6.45, 7) is 2.56. The Hall–Kier alpha value is -3.26. The molecule has 0 bridgehead atoms. The second kappa shape index (κ2) is 8.00. The highest BCUT2D eigenvalue weighted by Crippen LogP contribution is 2.30. The Morgan fingerprint density at radius 2 is 1.90 bits per heavy atom. The van der Waals surface area contributed by atoms with E-state index in [0.717, 1.165) is 16.5 Å². The number of benzene rings is 3. The first-order chi connectivity index (χ1) is 14.1. The lowest BCUT2D eigenvalue weighted by atomic mass is 10.1. The summed E-state index contributed by atoms with van der Waals surface area (Å²) >= 11 is 4.15. The van der Waals surface area contributed by atoms with Gasteiger partial charge >= 0.3 is 5.97 Å². The fourth-order valence-electron chi connectivity index (χ4n) is 3.03. The van der Waals surface area contributed by atoms with Crippen molar-refractivity contribution < 1.29 is 19.4 Å². The average molecular weight is 409 g/mol. The standard InChI is InChI=1S/C21H19N3O4S/c1-2-27-21(26)14-4-6-17-18(10-14)23-24(22-17)19-11-15-9-16(28-7-8-29)5-3-13(15)12-20(19)25/h3-6,9-12,25,29H,2,7-8H2,1H3. The molecule has 0 aliphatic heterocycles. The van der Waals surface area contributed by atoms with E-state index in [0.29, 0.717) is 41.3 Å². The van der Waals surface area contributed by atoms with E-state index >= 15 is 0 Å². The van der Waals surface area contributed by atoms with E-state index in [1.54, 1.807) is 37.3 Å². The van der Waals surface area contributed by atoms with E-state index in [-0.39, 0.29) is 5.75 Å². The van der Waals surface area contributed by atoms with Crippen molar-refractivity contribution in [1.29, 1.82) is 0 Å². The van der Waals surface area contributed by atoms with Crippen LogP contribution in [0.25, 0.3) is 27.5 Å². The molecule has 1 heterocycles. The molecule has 1 N–H and O–H groups in total. The van der Waals surface area contributed by atoms with Crippen LogP contribution in [0.3, 0.4) is 0 Å². The molecule has 0 spiro atoms. The first-order valence-electron chi connectivity index (χ1n) is 9.14. The maximum Gasteiger partial charge on any atom is 0.338 e. The van der Waals surface area contributed by atoms with E-state index < -0.39 is 5.97 Å². The minimum absolute atomic E-state index is 0.0486. The van der Waals surface area contributed by atoms with E-state index in [2.05, 4.69) is 22.8 Å². The topological polar surface area (TPSA) is 86.5 Å². The molecule has 0 aliphatic rings. The second-order valence-electron chi connectivity index (χ2n) is 6.34. The first kappa shape index (κ1) is 19.1. The molecule has 0 radical (unpaired) electrons. The van der Waals surface area contributed by atoms with E-state index in [1.165, 1.54) is 4.80 Å². The van der Waals surface area contributed by atoms with E-state index in [1.807, 2.05) is 18.2 Å². The summed E-state index contributed by atoms with van der Waals surface area (Å²) < 4.78 is 10.6. The van der Waals surface area contributed by atoms with Crippen molar-refractivity contribution in [3.05, 3.63) is 54.1 Å². The number of aromatic nitrogens is 3. The van der Waals surface area contributed by atoms with Gasteiger partial charge in [-0.25, -0.2) is 4.79 Å². The molecule has 0 saturated heterocycles. The molecule has 7 nitrogen and oxygen atoms in total. The Morgan fingerprint density at radius 1 is 1.07 bits per heavy atom. The molecular formula is C21H19N3O4S. The van der Waals surface area contributed by atoms with Crippen molar-refractivity contribution in [2.45, 2.75) is 6.92 Å². The molecule has 0 unspecified atom stereocenters. The summed E-state index contributed by atoms with van der Waals surface area (Å²) in [5.74, 6) is 0.982. The maximum absolute atomic E-state index is 11.9. The van der Waals surface area contributed by atoms with Crippen LogP contribution >= 0.6 is 12.6 Å². The van der Waals surface area contributed by atoms with Gasteiger partial charge in [0.25, 0.3) is 0 Å². The highest BCUT2D eigenvalue weighted by atomic mass is 32.1. The normalized spacial score (nSPS) is 11.1. The zero-order valence-corrected chi connectivity index (χ0v) is 16.6. The van der Waals surface area contributed by atoms with Crippen molar-refractivity contribution in [2.24, 2.45) is 0 Å². The van der Waals surface area contributed by atoms with Gasteiger partial charge in [0.1, 0.15) is 28.2 Å². The van der Waals surface area contributed by atoms with Crippen molar-refractivity contribution in [3.8, 4) is 17.2 Å². The van der Waals surface area contributed by atoms with Gasteiger partial charge in [0.05, 0.1) is 18.8 Å². The zero-order chi connectivity index (χ0) is 20.4. The Morgan fingerprint density at radius 3 is 2.69 bits per heavy atom. The fourth-order valence-corrected chi connectivity index (χ4v) is 3.12. The number of hydrogen-bond acceptors (Lipinski definition) is 7. The second-order valence-corrected chi connectivity index (χ2v) is 6.78. The predicted molar refractivity (Wildman–Crippen MR) is 113 cm³/mol. The molecule has 0 atom stereocenters. The summed E-state index contributed by atoms with van der Waals surface area (Å²) in [5, 5.41) is 21.1. The van der Waals surface area contributed by atoms with Crippen molar-refractivity contribution in [3.63, 3.8) is 0 Å². The predicted octanol–water partition coefficient (Wildman–Crippen LogP) is 3.76. The number of aromatic hydroxyl groups is 1. The third-order valence-electron chi connectivity index (χ3n) is 4.37. The lowest BCUT2D eigenvalue weighted by Gasteiger charge is -2.08. The molecule has 29 heavy (non-hydrogen) atoms. The summed E-state index contributed by atoms with van der Waals surface area (Å²) in [6, 6.07) is 14.0. The van der Waals surface area contributed by atoms with Crippen LogP contribution in [0.5, 0.6) is 11.5 Å². The average Bonchev–Trinajstić information content (AvgIpc) is 3.15. The molecule has 3 aromatic carbocycles. The number of phenols is 1. The summed E-state index contributed by atoms with van der Waals surface area (Å²) in [7, 11) is 0. The number of hydrogen-bond donors (Lipinski definition) is 2. The van der Waals surface area contributed by atoms with Gasteiger partial charge in [-0.15, -0.1) is 15.0 Å². The Balaban J connectivity index is 1.75. The van der Waals surface area contributed by atoms with Crippen molar-refractivity contribution in [2.75, 3.05) is 19.0 Å². The zero-order valence-electron chi connectivity index (χ0n) is 15.7. The number of nitrogens with zero attached hydrogens (tertiary/aromatic N) is 3. The fraction of sp³-hybridized carbons (Fsp3) is 0.190. The van der Waals surface area contributed by atoms with Gasteiger partial charge in [0.2, 0.25) is 0 Å². The summed E-state index contributed by atoms with van der Waals surface area (Å²) in [6.07, 6.45) is 0. The molecule has 0 amide bonds. The molecular weight excluding hydrogens is 390 g/mol. The number of thiol groups is 1. The molecule has 148 valence electrons. The highest BCUT2D eigenvalue weighted by Gasteiger charge is 2.13. The SMILES string of the molecule is CCOC(=O)c1ccc2nn(-c3cc4cc(OCCS)ccc4cc3O)nc2c1. The van der Waals surface area contributed by atoms with Crippen LogP contribution in [0.2, 0.25) is 0 Å². The first-order valence-corrected chi connectivity index (χ1v) is 9.77. The van der Waals surface area contributed by atoms with Crippen molar-refractivity contribution in [1.82, 2.24) is 15.0 Å². The smallest absolute Gasteiger partial charge is 0.338 e. The monoisotopic (exact) mass is 409 g/mol. The van der Waals surface area contributed by atoms with E-state index in [4.69, 9.17) is 9.47 Å². The number of rotatable bonds is 6. The maximum atomic E-state index is 11.9. The number of fused-ring (bicyclic) bond motifs is 2. The third-order valence-corrected chi connectivity index (χ3v) is 4.55. The van der Waals surface area contributed by atoms with E-state index in [9.17, 15) is 9.90 Å². The number of carbonyl (C=O) groups is 1. The number of ether oxygens (including phenoxy) is 2. The Bertz CT molecular complexity index is 1210.